The van der Waals surface area contributed by atoms with Crippen LogP contribution in [-0.2, 0) is 0 Å². The fourth-order valence-corrected chi connectivity index (χ4v) is 11.1. The number of hydrogen-bond donors (Lipinski definition) is 4. The van der Waals surface area contributed by atoms with E-state index in [9.17, 15) is 20.4 Å². The van der Waals surface area contributed by atoms with Gasteiger partial charge in [-0.25, -0.2) is 0 Å². The first kappa shape index (κ1) is 25.2. The Labute approximate surface area is 207 Å². The van der Waals surface area contributed by atoms with Gasteiger partial charge < -0.3 is 20.4 Å². The van der Waals surface area contributed by atoms with Crippen LogP contribution in [0.2, 0.25) is 0 Å². The molecule has 5 rings (SSSR count). The first-order valence-electron chi connectivity index (χ1n) is 14.1. The first-order valence-corrected chi connectivity index (χ1v) is 14.1. The number of fused-ring (bicyclic) bond motifs is 6. The molecule has 0 heterocycles. The lowest BCUT2D eigenvalue weighted by Gasteiger charge is -2.64. The molecule has 4 nitrogen and oxygen atoms in total. The molecule has 0 amide bonds. The van der Waals surface area contributed by atoms with Gasteiger partial charge in [-0.05, 0) is 103 Å². The Hall–Kier alpha value is -0.420. The van der Waals surface area contributed by atoms with Crippen molar-refractivity contribution >= 4 is 0 Å². The van der Waals surface area contributed by atoms with Crippen molar-refractivity contribution in [2.45, 2.75) is 118 Å². The zero-order valence-corrected chi connectivity index (χ0v) is 22.5. The number of rotatable bonds is 1. The van der Waals surface area contributed by atoms with Crippen LogP contribution >= 0.6 is 0 Å². The zero-order valence-electron chi connectivity index (χ0n) is 22.5. The molecule has 0 bridgehead atoms. The van der Waals surface area contributed by atoms with Crippen LogP contribution in [0.15, 0.2) is 11.6 Å². The molecule has 5 aliphatic carbocycles. The standard InChI is InChI=1S/C30H50O4/c1-26(2)21-9-7-18-15-27(3)13-11-23-28(4,14-12-24(33)30(23,6)17-31)22(27)10-8-19(18)29(21,5)16-20(32)25(26)34/h7,19-25,31-34H,8-17H2,1-6H3/t19-,20?,21-,22-,23+,24?,25?,27-,28+,29+,30+/m0/s1. The molecule has 0 aromatic carbocycles. The normalized spacial score (nSPS) is 56.8. The first-order chi connectivity index (χ1) is 15.7. The molecule has 34 heavy (non-hydrogen) atoms. The lowest BCUT2D eigenvalue weighted by atomic mass is 9.42. The molecule has 4 N–H and O–H groups in total. The van der Waals surface area contributed by atoms with Crippen molar-refractivity contribution in [1.29, 1.82) is 0 Å². The molecule has 11 atom stereocenters. The van der Waals surface area contributed by atoms with Gasteiger partial charge >= 0.3 is 0 Å². The van der Waals surface area contributed by atoms with E-state index < -0.39 is 23.7 Å². The Morgan fingerprint density at radius 3 is 2.21 bits per heavy atom. The van der Waals surface area contributed by atoms with E-state index in [0.717, 1.165) is 44.9 Å². The lowest BCUT2D eigenvalue weighted by molar-refractivity contribution is -0.189. The summed E-state index contributed by atoms with van der Waals surface area (Å²) in [5, 5.41) is 43.1. The zero-order chi connectivity index (χ0) is 24.9. The van der Waals surface area contributed by atoms with Gasteiger partial charge in [-0.15, -0.1) is 0 Å². The van der Waals surface area contributed by atoms with Gasteiger partial charge in [-0.2, -0.15) is 0 Å². The van der Waals surface area contributed by atoms with Gasteiger partial charge in [-0.3, -0.25) is 0 Å². The summed E-state index contributed by atoms with van der Waals surface area (Å²) in [6.07, 6.45) is 10.1. The second-order valence-electron chi connectivity index (χ2n) is 14.9. The third-order valence-electron chi connectivity index (χ3n) is 13.0. The molecule has 4 saturated carbocycles. The summed E-state index contributed by atoms with van der Waals surface area (Å²) >= 11 is 0. The molecule has 0 saturated heterocycles. The Kier molecular flexibility index (Phi) is 5.78. The average molecular weight is 475 g/mol. The Morgan fingerprint density at radius 2 is 1.53 bits per heavy atom. The van der Waals surface area contributed by atoms with Gasteiger partial charge in [0, 0.05) is 5.41 Å². The maximum atomic E-state index is 10.9. The van der Waals surface area contributed by atoms with Gasteiger partial charge in [-0.1, -0.05) is 53.2 Å². The maximum Gasteiger partial charge on any atom is 0.0853 e. The van der Waals surface area contributed by atoms with Crippen LogP contribution in [0, 0.1) is 50.7 Å². The van der Waals surface area contributed by atoms with E-state index in [2.05, 4.69) is 47.6 Å². The monoisotopic (exact) mass is 474 g/mol. The molecular formula is C30H50O4. The van der Waals surface area contributed by atoms with E-state index in [-0.39, 0.29) is 28.3 Å². The summed E-state index contributed by atoms with van der Waals surface area (Å²) in [6, 6.07) is 0. The highest BCUT2D eigenvalue weighted by Gasteiger charge is 2.64. The second-order valence-corrected chi connectivity index (χ2v) is 14.9. The van der Waals surface area contributed by atoms with E-state index in [4.69, 9.17) is 0 Å². The van der Waals surface area contributed by atoms with E-state index in [1.807, 2.05) is 0 Å². The van der Waals surface area contributed by atoms with Crippen molar-refractivity contribution in [3.05, 3.63) is 11.6 Å². The third-order valence-corrected chi connectivity index (χ3v) is 13.0. The molecule has 0 aromatic heterocycles. The van der Waals surface area contributed by atoms with Crippen LogP contribution in [-0.4, -0.2) is 45.3 Å². The Morgan fingerprint density at radius 1 is 0.824 bits per heavy atom. The SMILES string of the molecule is CC1(C)C(O)C(O)C[C@]2(C)[C@H]3CC[C@H]4[C@@](C)(CC[C@@H]5[C@]4(C)CCC(O)[C@]5(C)CO)CC3=CC[C@@H]12. The predicted octanol–water partition coefficient (Wildman–Crippen LogP) is 5.08. The smallest absolute Gasteiger partial charge is 0.0853 e. The summed E-state index contributed by atoms with van der Waals surface area (Å²) in [6.45, 7) is 13.9. The van der Waals surface area contributed by atoms with E-state index in [1.165, 1.54) is 6.42 Å². The molecule has 4 heteroatoms. The largest absolute Gasteiger partial charge is 0.396 e. The molecule has 3 unspecified atom stereocenters. The Bertz CT molecular complexity index is 851. The van der Waals surface area contributed by atoms with Crippen LogP contribution in [0.4, 0.5) is 0 Å². The summed E-state index contributed by atoms with van der Waals surface area (Å²) in [7, 11) is 0. The molecule has 0 aliphatic heterocycles. The van der Waals surface area contributed by atoms with Crippen molar-refractivity contribution in [2.24, 2.45) is 50.7 Å². The van der Waals surface area contributed by atoms with E-state index >= 15 is 0 Å². The second kappa shape index (κ2) is 7.79. The van der Waals surface area contributed by atoms with Crippen molar-refractivity contribution in [3.63, 3.8) is 0 Å². The van der Waals surface area contributed by atoms with E-state index in [0.29, 0.717) is 30.1 Å². The quantitative estimate of drug-likeness (QED) is 0.399. The molecular weight excluding hydrogens is 424 g/mol. The van der Waals surface area contributed by atoms with Crippen molar-refractivity contribution in [1.82, 2.24) is 0 Å². The van der Waals surface area contributed by atoms with Crippen molar-refractivity contribution < 1.29 is 20.4 Å². The Balaban J connectivity index is 1.51. The average Bonchev–Trinajstić information content (AvgIpc) is 2.92. The molecule has 4 fully saturated rings. The highest BCUT2D eigenvalue weighted by molar-refractivity contribution is 5.26. The van der Waals surface area contributed by atoms with Gasteiger partial charge in [0.25, 0.3) is 0 Å². The van der Waals surface area contributed by atoms with Crippen molar-refractivity contribution in [2.75, 3.05) is 6.61 Å². The minimum absolute atomic E-state index is 0.0127. The number of allylic oxidation sites excluding steroid dienone is 2. The topological polar surface area (TPSA) is 80.9 Å². The summed E-state index contributed by atoms with van der Waals surface area (Å²) in [5.41, 5.74) is 1.31. The predicted molar refractivity (Wildman–Crippen MR) is 135 cm³/mol. The lowest BCUT2D eigenvalue weighted by Crippen LogP contribution is -2.60. The highest BCUT2D eigenvalue weighted by atomic mass is 16.3. The van der Waals surface area contributed by atoms with Gasteiger partial charge in [0.15, 0.2) is 0 Å². The fourth-order valence-electron chi connectivity index (χ4n) is 11.1. The van der Waals surface area contributed by atoms with Crippen LogP contribution < -0.4 is 0 Å². The van der Waals surface area contributed by atoms with Gasteiger partial charge in [0.2, 0.25) is 0 Å². The van der Waals surface area contributed by atoms with Crippen LogP contribution in [0.25, 0.3) is 0 Å². The molecule has 5 aliphatic rings. The molecule has 0 radical (unpaired) electrons. The third kappa shape index (κ3) is 3.17. The minimum atomic E-state index is -0.657. The maximum absolute atomic E-state index is 10.9. The fraction of sp³-hybridized carbons (Fsp3) is 0.933. The summed E-state index contributed by atoms with van der Waals surface area (Å²) < 4.78 is 0. The van der Waals surface area contributed by atoms with Gasteiger partial charge in [0.05, 0.1) is 24.9 Å². The summed E-state index contributed by atoms with van der Waals surface area (Å²) in [4.78, 5) is 0. The molecule has 194 valence electrons. The van der Waals surface area contributed by atoms with Crippen LogP contribution in [0.5, 0.6) is 0 Å². The molecule has 0 spiro atoms. The highest BCUT2D eigenvalue weighted by Crippen LogP contribution is 2.70. The van der Waals surface area contributed by atoms with Crippen molar-refractivity contribution in [3.8, 4) is 0 Å². The van der Waals surface area contributed by atoms with Crippen LogP contribution in [0.1, 0.15) is 99.3 Å². The number of hydrogen-bond acceptors (Lipinski definition) is 4. The molecule has 0 aromatic rings. The minimum Gasteiger partial charge on any atom is -0.396 e. The van der Waals surface area contributed by atoms with E-state index in [1.54, 1.807) is 5.57 Å². The number of aliphatic hydroxyl groups is 4. The summed E-state index contributed by atoms with van der Waals surface area (Å²) in [5.74, 6) is 1.79. The van der Waals surface area contributed by atoms with Gasteiger partial charge in [0.1, 0.15) is 0 Å². The number of aliphatic hydroxyl groups excluding tert-OH is 4. The van der Waals surface area contributed by atoms with Crippen LogP contribution in [0.3, 0.4) is 0 Å².